The molecule has 0 aliphatic carbocycles. The molecule has 0 bridgehead atoms. The summed E-state index contributed by atoms with van der Waals surface area (Å²) in [5.74, 6) is 6.76. The minimum atomic E-state index is 0.675. The summed E-state index contributed by atoms with van der Waals surface area (Å²) in [5.41, 5.74) is 4.73. The Labute approximate surface area is 127 Å². The average molecular weight is 291 g/mol. The molecule has 3 aromatic rings. The second-order valence-corrected chi connectivity index (χ2v) is 4.95. The van der Waals surface area contributed by atoms with Crippen molar-refractivity contribution < 1.29 is 4.74 Å². The lowest BCUT2D eigenvalue weighted by molar-refractivity contribution is 0.414. The lowest BCUT2D eigenvalue weighted by Crippen LogP contribution is -2.03. The van der Waals surface area contributed by atoms with Crippen LogP contribution in [0.25, 0.3) is 11.4 Å². The summed E-state index contributed by atoms with van der Waals surface area (Å²) in [6.45, 7) is 1.81. The molecule has 2 aromatic heterocycles. The molecule has 6 heteroatoms. The Bertz CT molecular complexity index is 926. The number of aromatic nitrogens is 5. The van der Waals surface area contributed by atoms with Crippen molar-refractivity contribution in [2.45, 2.75) is 13.3 Å². The summed E-state index contributed by atoms with van der Waals surface area (Å²) in [6, 6.07) is 5.88. The third-order valence-corrected chi connectivity index (χ3v) is 3.75. The Balaban J connectivity index is 2.05. The van der Waals surface area contributed by atoms with Crippen LogP contribution >= 0.6 is 0 Å². The Morgan fingerprint density at radius 1 is 1.27 bits per heavy atom. The first-order valence-corrected chi connectivity index (χ1v) is 6.89. The monoisotopic (exact) mass is 291 g/mol. The highest BCUT2D eigenvalue weighted by atomic mass is 16.5. The zero-order chi connectivity index (χ0) is 15.1. The van der Waals surface area contributed by atoms with Gasteiger partial charge in [-0.05, 0) is 25.0 Å². The number of imidazole rings is 1. The predicted molar refractivity (Wildman–Crippen MR) is 80.4 cm³/mol. The molecular weight excluding hydrogens is 278 g/mol. The Morgan fingerprint density at radius 2 is 2.18 bits per heavy atom. The molecule has 3 heterocycles. The molecular formula is C16H13N5O. The molecule has 0 spiro atoms. The molecule has 0 amide bonds. The summed E-state index contributed by atoms with van der Waals surface area (Å²) in [7, 11) is 1.65. The van der Waals surface area contributed by atoms with Gasteiger partial charge >= 0.3 is 0 Å². The first-order valence-electron chi connectivity index (χ1n) is 6.89. The molecule has 1 aromatic carbocycles. The molecule has 22 heavy (non-hydrogen) atoms. The maximum Gasteiger partial charge on any atom is 0.135 e. The third kappa shape index (κ3) is 1.72. The van der Waals surface area contributed by atoms with Crippen LogP contribution in [0.3, 0.4) is 0 Å². The molecule has 1 aliphatic rings. The van der Waals surface area contributed by atoms with E-state index in [-0.39, 0.29) is 0 Å². The largest absolute Gasteiger partial charge is 0.497 e. The van der Waals surface area contributed by atoms with Crippen LogP contribution in [0, 0.1) is 11.8 Å². The number of rotatable bonds is 1. The van der Waals surface area contributed by atoms with Crippen LogP contribution in [-0.2, 0) is 6.42 Å². The van der Waals surface area contributed by atoms with Crippen molar-refractivity contribution in [3.63, 3.8) is 0 Å². The van der Waals surface area contributed by atoms with E-state index in [1.54, 1.807) is 19.6 Å². The zero-order valence-electron chi connectivity index (χ0n) is 12.2. The number of nitrogens with zero attached hydrogens (tertiary/aromatic N) is 5. The van der Waals surface area contributed by atoms with E-state index in [2.05, 4.69) is 31.7 Å². The van der Waals surface area contributed by atoms with Crippen molar-refractivity contribution in [1.82, 2.24) is 24.5 Å². The molecule has 0 radical (unpaired) electrons. The fourth-order valence-electron chi connectivity index (χ4n) is 2.73. The van der Waals surface area contributed by atoms with Crippen LogP contribution in [0.15, 0.2) is 30.7 Å². The van der Waals surface area contributed by atoms with Crippen molar-refractivity contribution in [1.29, 1.82) is 0 Å². The minimum absolute atomic E-state index is 0.675. The maximum atomic E-state index is 5.34. The van der Waals surface area contributed by atoms with Gasteiger partial charge in [0.2, 0.25) is 0 Å². The van der Waals surface area contributed by atoms with Crippen molar-refractivity contribution in [3.05, 3.63) is 47.8 Å². The Morgan fingerprint density at radius 3 is 3.00 bits per heavy atom. The first-order chi connectivity index (χ1) is 10.8. The normalized spacial score (nSPS) is 11.5. The maximum absolute atomic E-state index is 5.34. The summed E-state index contributed by atoms with van der Waals surface area (Å²) >= 11 is 0. The summed E-state index contributed by atoms with van der Waals surface area (Å²) in [5, 5.41) is 8.25. The number of ether oxygens (including phenoxy) is 1. The van der Waals surface area contributed by atoms with E-state index in [0.717, 1.165) is 34.2 Å². The smallest absolute Gasteiger partial charge is 0.135 e. The highest BCUT2D eigenvalue weighted by Crippen LogP contribution is 2.30. The van der Waals surface area contributed by atoms with Crippen molar-refractivity contribution >= 4 is 0 Å². The van der Waals surface area contributed by atoms with Gasteiger partial charge in [-0.1, -0.05) is 11.1 Å². The fraction of sp³-hybridized carbons (Fsp3) is 0.188. The van der Waals surface area contributed by atoms with E-state index in [9.17, 15) is 0 Å². The van der Waals surface area contributed by atoms with Gasteiger partial charge in [-0.25, -0.2) is 9.67 Å². The van der Waals surface area contributed by atoms with E-state index < -0.39 is 0 Å². The summed E-state index contributed by atoms with van der Waals surface area (Å²) in [4.78, 5) is 4.44. The van der Waals surface area contributed by atoms with Gasteiger partial charge in [-0.2, -0.15) is 0 Å². The number of hydrogen-bond donors (Lipinski definition) is 0. The topological polar surface area (TPSA) is 57.8 Å². The SMILES string of the molecule is CC#Cc1ncn2c1Cc1cnnn1-c1cc(OC)ccc1-2. The van der Waals surface area contributed by atoms with Gasteiger partial charge in [0.1, 0.15) is 17.8 Å². The van der Waals surface area contributed by atoms with Crippen LogP contribution in [0.1, 0.15) is 24.0 Å². The van der Waals surface area contributed by atoms with Crippen LogP contribution in [0.5, 0.6) is 5.75 Å². The molecule has 0 saturated heterocycles. The Kier molecular flexibility index (Phi) is 2.73. The number of fused-ring (bicyclic) bond motifs is 5. The minimum Gasteiger partial charge on any atom is -0.497 e. The van der Waals surface area contributed by atoms with Crippen LogP contribution in [0.4, 0.5) is 0 Å². The average Bonchev–Trinajstić information content (AvgIpc) is 3.13. The van der Waals surface area contributed by atoms with Crippen LogP contribution < -0.4 is 4.74 Å². The van der Waals surface area contributed by atoms with Gasteiger partial charge in [-0.3, -0.25) is 4.57 Å². The fourth-order valence-corrected chi connectivity index (χ4v) is 2.73. The van der Waals surface area contributed by atoms with E-state index in [1.165, 1.54) is 0 Å². The molecule has 0 atom stereocenters. The Hall–Kier alpha value is -3.07. The van der Waals surface area contributed by atoms with E-state index >= 15 is 0 Å². The zero-order valence-corrected chi connectivity index (χ0v) is 12.2. The van der Waals surface area contributed by atoms with Crippen LogP contribution in [-0.4, -0.2) is 31.7 Å². The van der Waals surface area contributed by atoms with Gasteiger partial charge in [0, 0.05) is 12.5 Å². The number of benzene rings is 1. The number of hydrogen-bond acceptors (Lipinski definition) is 4. The molecule has 0 N–H and O–H groups in total. The van der Waals surface area contributed by atoms with Gasteiger partial charge < -0.3 is 4.74 Å². The molecule has 0 fully saturated rings. The van der Waals surface area contributed by atoms with Gasteiger partial charge in [0.25, 0.3) is 0 Å². The first kappa shape index (κ1) is 12.7. The third-order valence-electron chi connectivity index (χ3n) is 3.75. The second kappa shape index (κ2) is 4.74. The molecule has 4 rings (SSSR count). The van der Waals surface area contributed by atoms with Crippen molar-refractivity contribution in [3.8, 4) is 29.0 Å². The van der Waals surface area contributed by atoms with Crippen molar-refractivity contribution in [2.75, 3.05) is 7.11 Å². The van der Waals surface area contributed by atoms with E-state index in [4.69, 9.17) is 4.74 Å². The lowest BCUT2D eigenvalue weighted by atomic mass is 10.2. The molecule has 6 nitrogen and oxygen atoms in total. The van der Waals surface area contributed by atoms with E-state index in [0.29, 0.717) is 6.42 Å². The highest BCUT2D eigenvalue weighted by molar-refractivity contribution is 5.59. The molecule has 0 saturated carbocycles. The lowest BCUT2D eigenvalue weighted by Gasteiger charge is -2.11. The van der Waals surface area contributed by atoms with E-state index in [1.807, 2.05) is 29.8 Å². The quantitative estimate of drug-likeness (QED) is 0.501. The summed E-state index contributed by atoms with van der Waals surface area (Å²) < 4.78 is 9.24. The molecule has 108 valence electrons. The molecule has 0 unspecified atom stereocenters. The van der Waals surface area contributed by atoms with Crippen LogP contribution in [0.2, 0.25) is 0 Å². The van der Waals surface area contributed by atoms with Gasteiger partial charge in [0.05, 0.1) is 36.1 Å². The van der Waals surface area contributed by atoms with Gasteiger partial charge in [0.15, 0.2) is 0 Å². The van der Waals surface area contributed by atoms with Gasteiger partial charge in [-0.15, -0.1) is 5.10 Å². The standard InChI is InChI=1S/C16H13N5O/c1-3-4-13-15-7-11-9-18-19-21(11)16-8-12(22-2)5-6-14(16)20(15)10-17-13/h5-6,8-10H,7H2,1-2H3. The second-order valence-electron chi connectivity index (χ2n) is 4.95. The predicted octanol–water partition coefficient (Wildman–Crippen LogP) is 1.74. The van der Waals surface area contributed by atoms with Crippen molar-refractivity contribution in [2.24, 2.45) is 0 Å². The summed E-state index contributed by atoms with van der Waals surface area (Å²) in [6.07, 6.45) is 4.25. The molecule has 1 aliphatic heterocycles. The number of methoxy groups -OCH3 is 1. The highest BCUT2D eigenvalue weighted by Gasteiger charge is 2.23.